The first kappa shape index (κ1) is 17.8. The van der Waals surface area contributed by atoms with Gasteiger partial charge in [0.15, 0.2) is 0 Å². The van der Waals surface area contributed by atoms with Gasteiger partial charge in [0.05, 0.1) is 0 Å². The number of rotatable bonds is 5. The van der Waals surface area contributed by atoms with Crippen molar-refractivity contribution < 1.29 is 4.39 Å². The largest absolute Gasteiger partial charge is 0.292 e. The smallest absolute Gasteiger partial charge is 0.123 e. The van der Waals surface area contributed by atoms with Crippen molar-refractivity contribution in [3.05, 3.63) is 95.3 Å². The van der Waals surface area contributed by atoms with Gasteiger partial charge in [-0.2, -0.15) is 0 Å². The van der Waals surface area contributed by atoms with Crippen molar-refractivity contribution in [1.82, 2.24) is 14.9 Å². The van der Waals surface area contributed by atoms with Gasteiger partial charge in [0.2, 0.25) is 0 Å². The van der Waals surface area contributed by atoms with Crippen LogP contribution in [0.4, 0.5) is 4.39 Å². The summed E-state index contributed by atoms with van der Waals surface area (Å²) < 4.78 is 13.1. The molecule has 27 heavy (non-hydrogen) atoms. The molecule has 1 saturated heterocycles. The minimum absolute atomic E-state index is 0.200. The van der Waals surface area contributed by atoms with Crippen molar-refractivity contribution in [3.8, 4) is 0 Å². The van der Waals surface area contributed by atoms with Crippen LogP contribution in [0.2, 0.25) is 0 Å². The van der Waals surface area contributed by atoms with E-state index in [4.69, 9.17) is 0 Å². The quantitative estimate of drug-likeness (QED) is 0.645. The van der Waals surface area contributed by atoms with Crippen LogP contribution >= 0.6 is 0 Å². The Balaban J connectivity index is 1.46. The highest BCUT2D eigenvalue weighted by molar-refractivity contribution is 5.25. The van der Waals surface area contributed by atoms with Crippen LogP contribution in [-0.2, 0) is 13.0 Å². The van der Waals surface area contributed by atoms with E-state index in [1.54, 1.807) is 0 Å². The number of pyridine rings is 2. The summed E-state index contributed by atoms with van der Waals surface area (Å²) in [7, 11) is 0. The maximum atomic E-state index is 13.1. The Morgan fingerprint density at radius 3 is 2.48 bits per heavy atom. The van der Waals surface area contributed by atoms with E-state index in [1.165, 1.54) is 42.5 Å². The zero-order chi connectivity index (χ0) is 18.5. The molecular formula is C23H24FN3. The summed E-state index contributed by atoms with van der Waals surface area (Å²) in [6, 6.07) is 15.6. The fraction of sp³-hybridized carbons (Fsp3) is 0.304. The lowest BCUT2D eigenvalue weighted by atomic mass is 9.95. The predicted octanol–water partition coefficient (Wildman–Crippen LogP) is 4.93. The molecule has 1 aliphatic rings. The zero-order valence-electron chi connectivity index (χ0n) is 15.4. The molecule has 4 heteroatoms. The average Bonchev–Trinajstić information content (AvgIpc) is 2.72. The molecule has 0 aliphatic carbocycles. The third-order valence-electron chi connectivity index (χ3n) is 5.28. The summed E-state index contributed by atoms with van der Waals surface area (Å²) >= 11 is 0. The first-order chi connectivity index (χ1) is 13.3. The van der Waals surface area contributed by atoms with Crippen LogP contribution in [0.1, 0.15) is 47.7 Å². The zero-order valence-corrected chi connectivity index (χ0v) is 15.4. The fourth-order valence-electron chi connectivity index (χ4n) is 3.83. The van der Waals surface area contributed by atoms with Gasteiger partial charge in [-0.25, -0.2) is 4.39 Å². The highest BCUT2D eigenvalue weighted by atomic mass is 19.1. The topological polar surface area (TPSA) is 29.0 Å². The third kappa shape index (κ3) is 4.58. The monoisotopic (exact) mass is 361 g/mol. The van der Waals surface area contributed by atoms with Gasteiger partial charge in [-0.15, -0.1) is 0 Å². The van der Waals surface area contributed by atoms with Gasteiger partial charge in [0.25, 0.3) is 0 Å². The van der Waals surface area contributed by atoms with E-state index >= 15 is 0 Å². The molecule has 3 aromatic rings. The molecule has 0 bridgehead atoms. The number of likely N-dealkylation sites (tertiary alicyclic amines) is 1. The van der Waals surface area contributed by atoms with Gasteiger partial charge in [0, 0.05) is 43.3 Å². The highest BCUT2D eigenvalue weighted by Gasteiger charge is 2.24. The molecule has 0 amide bonds. The second-order valence-corrected chi connectivity index (χ2v) is 7.22. The molecule has 1 aromatic carbocycles. The van der Waals surface area contributed by atoms with Crippen molar-refractivity contribution in [2.75, 3.05) is 6.54 Å². The molecule has 4 rings (SSSR count). The van der Waals surface area contributed by atoms with Crippen LogP contribution in [0.5, 0.6) is 0 Å². The van der Waals surface area contributed by atoms with Crippen molar-refractivity contribution in [3.63, 3.8) is 0 Å². The SMILES string of the molecule is Fc1ccc(Cc2ccc(C3CCCCN3Cc3ccncc3)cn2)cc1. The molecule has 0 saturated carbocycles. The number of hydrogen-bond acceptors (Lipinski definition) is 3. The summed E-state index contributed by atoms with van der Waals surface area (Å²) in [6.45, 7) is 2.06. The number of piperidine rings is 1. The summed E-state index contributed by atoms with van der Waals surface area (Å²) in [5, 5.41) is 0. The van der Waals surface area contributed by atoms with Crippen LogP contribution in [-0.4, -0.2) is 21.4 Å². The van der Waals surface area contributed by atoms with Gasteiger partial charge >= 0.3 is 0 Å². The molecule has 1 atom stereocenters. The molecule has 3 nitrogen and oxygen atoms in total. The van der Waals surface area contributed by atoms with Crippen LogP contribution in [0.25, 0.3) is 0 Å². The molecule has 138 valence electrons. The Hall–Kier alpha value is -2.59. The maximum absolute atomic E-state index is 13.1. The summed E-state index contributed by atoms with van der Waals surface area (Å²) in [4.78, 5) is 11.3. The van der Waals surface area contributed by atoms with Crippen molar-refractivity contribution in [1.29, 1.82) is 0 Å². The van der Waals surface area contributed by atoms with Crippen molar-refractivity contribution in [2.24, 2.45) is 0 Å². The minimum Gasteiger partial charge on any atom is -0.292 e. The lowest BCUT2D eigenvalue weighted by Gasteiger charge is -2.36. The number of benzene rings is 1. The van der Waals surface area contributed by atoms with Gasteiger partial charge in [-0.3, -0.25) is 14.9 Å². The molecule has 2 aromatic heterocycles. The van der Waals surface area contributed by atoms with E-state index in [0.29, 0.717) is 6.04 Å². The second-order valence-electron chi connectivity index (χ2n) is 7.22. The lowest BCUT2D eigenvalue weighted by molar-refractivity contribution is 0.140. The Morgan fingerprint density at radius 2 is 1.74 bits per heavy atom. The minimum atomic E-state index is -0.200. The van der Waals surface area contributed by atoms with Gasteiger partial charge < -0.3 is 0 Å². The first-order valence-electron chi connectivity index (χ1n) is 9.60. The molecule has 0 radical (unpaired) electrons. The summed E-state index contributed by atoms with van der Waals surface area (Å²) in [6.07, 6.45) is 10.1. The Labute approximate surface area is 159 Å². The average molecular weight is 361 g/mol. The van der Waals surface area contributed by atoms with Crippen LogP contribution in [0, 0.1) is 5.82 Å². The van der Waals surface area contributed by atoms with Crippen LogP contribution in [0.15, 0.2) is 67.1 Å². The van der Waals surface area contributed by atoms with E-state index in [2.05, 4.69) is 39.1 Å². The maximum Gasteiger partial charge on any atom is 0.123 e. The third-order valence-corrected chi connectivity index (χ3v) is 5.28. The standard InChI is InChI=1S/C23H24FN3/c24-21-7-4-18(5-8-21)15-22-9-6-20(16-26-22)23-3-1-2-14-27(23)17-19-10-12-25-13-11-19/h4-13,16,23H,1-3,14-15,17H2. The van der Waals surface area contributed by atoms with Crippen molar-refractivity contribution in [2.45, 2.75) is 38.3 Å². The number of aromatic nitrogens is 2. The van der Waals surface area contributed by atoms with E-state index in [-0.39, 0.29) is 5.82 Å². The van der Waals surface area contributed by atoms with E-state index in [1.807, 2.05) is 30.7 Å². The predicted molar refractivity (Wildman–Crippen MR) is 105 cm³/mol. The normalized spacial score (nSPS) is 17.7. The van der Waals surface area contributed by atoms with Gasteiger partial charge in [0.1, 0.15) is 5.82 Å². The van der Waals surface area contributed by atoms with Gasteiger partial charge in [-0.1, -0.05) is 24.6 Å². The molecule has 0 N–H and O–H groups in total. The second kappa shape index (κ2) is 8.40. The molecule has 1 unspecified atom stereocenters. The Morgan fingerprint density at radius 1 is 0.926 bits per heavy atom. The van der Waals surface area contributed by atoms with Gasteiger partial charge in [-0.05, 0) is 66.4 Å². The van der Waals surface area contributed by atoms with Crippen LogP contribution < -0.4 is 0 Å². The number of hydrogen-bond donors (Lipinski definition) is 0. The molecular weight excluding hydrogens is 337 g/mol. The van der Waals surface area contributed by atoms with Crippen LogP contribution in [0.3, 0.4) is 0 Å². The highest BCUT2D eigenvalue weighted by Crippen LogP contribution is 2.31. The number of nitrogens with zero attached hydrogens (tertiary/aromatic N) is 3. The van der Waals surface area contributed by atoms with E-state index < -0.39 is 0 Å². The molecule has 3 heterocycles. The molecule has 1 fully saturated rings. The summed E-state index contributed by atoms with van der Waals surface area (Å²) in [5.41, 5.74) is 4.68. The number of halogens is 1. The Bertz CT molecular complexity index is 847. The summed E-state index contributed by atoms with van der Waals surface area (Å²) in [5.74, 6) is -0.200. The molecule has 1 aliphatic heterocycles. The first-order valence-corrected chi connectivity index (χ1v) is 9.60. The molecule has 0 spiro atoms. The van der Waals surface area contributed by atoms with Crippen molar-refractivity contribution >= 4 is 0 Å². The fourth-order valence-corrected chi connectivity index (χ4v) is 3.83. The lowest BCUT2D eigenvalue weighted by Crippen LogP contribution is -2.33. The van der Waals surface area contributed by atoms with E-state index in [9.17, 15) is 4.39 Å². The van der Waals surface area contributed by atoms with E-state index in [0.717, 1.165) is 30.8 Å². The Kier molecular flexibility index (Phi) is 5.54.